The molecule has 88 valence electrons. The SMILES string of the molecule is C[NH+]1CCC[NH+](Cc2cccc(Br)c2)CC1. The zero-order valence-electron chi connectivity index (χ0n) is 9.93. The summed E-state index contributed by atoms with van der Waals surface area (Å²) < 4.78 is 1.20. The van der Waals surface area contributed by atoms with E-state index in [-0.39, 0.29) is 0 Å². The van der Waals surface area contributed by atoms with Crippen LogP contribution in [0.5, 0.6) is 0 Å². The zero-order valence-corrected chi connectivity index (χ0v) is 11.5. The Labute approximate surface area is 106 Å². The van der Waals surface area contributed by atoms with Crippen LogP contribution in [0.15, 0.2) is 28.7 Å². The van der Waals surface area contributed by atoms with E-state index in [0.717, 1.165) is 0 Å². The lowest BCUT2D eigenvalue weighted by Gasteiger charge is -2.16. The van der Waals surface area contributed by atoms with Gasteiger partial charge in [-0.25, -0.2) is 0 Å². The third-order valence-electron chi connectivity index (χ3n) is 3.38. The Balaban J connectivity index is 1.93. The second-order valence-electron chi connectivity index (χ2n) is 4.87. The fraction of sp³-hybridized carbons (Fsp3) is 0.538. The predicted molar refractivity (Wildman–Crippen MR) is 69.8 cm³/mol. The van der Waals surface area contributed by atoms with Gasteiger partial charge >= 0.3 is 0 Å². The summed E-state index contributed by atoms with van der Waals surface area (Å²) in [7, 11) is 2.31. The summed E-state index contributed by atoms with van der Waals surface area (Å²) in [5.41, 5.74) is 1.45. The fourth-order valence-corrected chi connectivity index (χ4v) is 2.84. The van der Waals surface area contributed by atoms with Crippen LogP contribution in [0.25, 0.3) is 0 Å². The second kappa shape index (κ2) is 5.80. The van der Waals surface area contributed by atoms with Crippen molar-refractivity contribution < 1.29 is 9.80 Å². The maximum atomic E-state index is 3.54. The van der Waals surface area contributed by atoms with Gasteiger partial charge in [-0.05, 0) is 12.1 Å². The van der Waals surface area contributed by atoms with Crippen molar-refractivity contribution in [3.63, 3.8) is 0 Å². The molecule has 2 rings (SSSR count). The molecule has 2 unspecified atom stereocenters. The van der Waals surface area contributed by atoms with Gasteiger partial charge in [0.2, 0.25) is 0 Å². The highest BCUT2D eigenvalue weighted by molar-refractivity contribution is 9.10. The zero-order chi connectivity index (χ0) is 11.4. The Morgan fingerprint density at radius 2 is 2.06 bits per heavy atom. The number of quaternary nitrogens is 2. The fourth-order valence-electron chi connectivity index (χ4n) is 2.39. The Morgan fingerprint density at radius 1 is 1.19 bits per heavy atom. The molecule has 1 fully saturated rings. The highest BCUT2D eigenvalue weighted by Gasteiger charge is 2.17. The summed E-state index contributed by atoms with van der Waals surface area (Å²) in [6.07, 6.45) is 1.36. The van der Waals surface area contributed by atoms with Gasteiger partial charge in [0, 0.05) is 16.5 Å². The van der Waals surface area contributed by atoms with Gasteiger partial charge in [0.25, 0.3) is 0 Å². The van der Waals surface area contributed by atoms with Crippen molar-refractivity contribution in [2.75, 3.05) is 33.2 Å². The van der Waals surface area contributed by atoms with Crippen LogP contribution in [0.3, 0.4) is 0 Å². The lowest BCUT2D eigenvalue weighted by atomic mass is 10.2. The molecule has 2 atom stereocenters. The highest BCUT2D eigenvalue weighted by Crippen LogP contribution is 2.10. The molecule has 16 heavy (non-hydrogen) atoms. The van der Waals surface area contributed by atoms with Crippen molar-refractivity contribution >= 4 is 15.9 Å². The third-order valence-corrected chi connectivity index (χ3v) is 3.88. The van der Waals surface area contributed by atoms with Crippen molar-refractivity contribution in [2.24, 2.45) is 0 Å². The number of hydrogen-bond donors (Lipinski definition) is 2. The molecule has 1 aliphatic heterocycles. The van der Waals surface area contributed by atoms with Crippen LogP contribution in [-0.4, -0.2) is 33.2 Å². The van der Waals surface area contributed by atoms with E-state index in [0.29, 0.717) is 0 Å². The molecule has 2 N–H and O–H groups in total. The van der Waals surface area contributed by atoms with Gasteiger partial charge in [-0.1, -0.05) is 28.1 Å². The van der Waals surface area contributed by atoms with Crippen LogP contribution < -0.4 is 9.80 Å². The van der Waals surface area contributed by atoms with E-state index in [9.17, 15) is 0 Å². The Bertz CT molecular complexity index is 340. The van der Waals surface area contributed by atoms with Crippen LogP contribution in [0.1, 0.15) is 12.0 Å². The van der Waals surface area contributed by atoms with Crippen molar-refractivity contribution in [1.29, 1.82) is 0 Å². The van der Waals surface area contributed by atoms with Gasteiger partial charge in [-0.2, -0.15) is 0 Å². The lowest BCUT2D eigenvalue weighted by molar-refractivity contribution is -0.938. The predicted octanol–water partition coefficient (Wildman–Crippen LogP) is -0.248. The number of benzene rings is 1. The summed E-state index contributed by atoms with van der Waals surface area (Å²) >= 11 is 3.54. The maximum Gasteiger partial charge on any atom is 0.127 e. The first-order chi connectivity index (χ1) is 7.74. The summed E-state index contributed by atoms with van der Waals surface area (Å²) in [5.74, 6) is 0. The van der Waals surface area contributed by atoms with Gasteiger partial charge in [0.15, 0.2) is 0 Å². The minimum absolute atomic E-state index is 1.17. The van der Waals surface area contributed by atoms with Crippen LogP contribution in [0, 0.1) is 0 Å². The van der Waals surface area contributed by atoms with Gasteiger partial charge in [0.05, 0.1) is 20.1 Å². The molecule has 0 aromatic heterocycles. The molecule has 1 aromatic carbocycles. The van der Waals surface area contributed by atoms with Gasteiger partial charge in [-0.15, -0.1) is 0 Å². The van der Waals surface area contributed by atoms with Crippen molar-refractivity contribution in [1.82, 2.24) is 0 Å². The average Bonchev–Trinajstić information content (AvgIpc) is 2.44. The first-order valence-corrected chi connectivity index (χ1v) is 6.92. The summed E-state index contributed by atoms with van der Waals surface area (Å²) in [6, 6.07) is 8.71. The number of halogens is 1. The minimum atomic E-state index is 1.17. The monoisotopic (exact) mass is 284 g/mol. The van der Waals surface area contributed by atoms with Crippen LogP contribution in [-0.2, 0) is 6.54 Å². The first-order valence-electron chi connectivity index (χ1n) is 6.13. The Kier molecular flexibility index (Phi) is 4.38. The molecule has 1 heterocycles. The van der Waals surface area contributed by atoms with E-state index in [1.807, 2.05) is 0 Å². The molecule has 0 amide bonds. The maximum absolute atomic E-state index is 3.54. The molecule has 1 aliphatic rings. The van der Waals surface area contributed by atoms with Gasteiger partial charge in [-0.3, -0.25) is 0 Å². The second-order valence-corrected chi connectivity index (χ2v) is 5.78. The van der Waals surface area contributed by atoms with Gasteiger partial charge in [0.1, 0.15) is 19.6 Å². The Morgan fingerprint density at radius 3 is 2.88 bits per heavy atom. The molecular weight excluding hydrogens is 264 g/mol. The lowest BCUT2D eigenvalue weighted by Crippen LogP contribution is -3.15. The summed E-state index contributed by atoms with van der Waals surface area (Å²) in [4.78, 5) is 3.42. The first kappa shape index (κ1) is 12.1. The Hall–Kier alpha value is -0.380. The van der Waals surface area contributed by atoms with E-state index in [1.54, 1.807) is 9.80 Å². The number of rotatable bonds is 2. The minimum Gasteiger partial charge on any atom is -0.333 e. The largest absolute Gasteiger partial charge is 0.333 e. The normalized spacial score (nSPS) is 26.4. The van der Waals surface area contributed by atoms with Crippen molar-refractivity contribution in [3.8, 4) is 0 Å². The quantitative estimate of drug-likeness (QED) is 0.742. The average molecular weight is 285 g/mol. The van der Waals surface area contributed by atoms with Crippen LogP contribution in [0.4, 0.5) is 0 Å². The molecule has 0 bridgehead atoms. The van der Waals surface area contributed by atoms with Crippen molar-refractivity contribution in [2.45, 2.75) is 13.0 Å². The summed E-state index contributed by atoms with van der Waals surface area (Å²) in [6.45, 7) is 6.44. The smallest absolute Gasteiger partial charge is 0.127 e. The third kappa shape index (κ3) is 3.58. The number of nitrogens with one attached hydrogen (secondary N) is 2. The standard InChI is InChI=1S/C13H19BrN2/c1-15-6-3-7-16(9-8-15)11-12-4-2-5-13(14)10-12/h2,4-5,10H,3,6-9,11H2,1H3/p+2. The molecule has 1 saturated heterocycles. The summed E-state index contributed by atoms with van der Waals surface area (Å²) in [5, 5.41) is 0. The van der Waals surface area contributed by atoms with Gasteiger partial charge < -0.3 is 9.80 Å². The topological polar surface area (TPSA) is 8.88 Å². The van der Waals surface area contributed by atoms with Crippen molar-refractivity contribution in [3.05, 3.63) is 34.3 Å². The molecule has 1 aromatic rings. The highest BCUT2D eigenvalue weighted by atomic mass is 79.9. The molecule has 0 radical (unpaired) electrons. The van der Waals surface area contributed by atoms with Crippen LogP contribution in [0.2, 0.25) is 0 Å². The van der Waals surface area contributed by atoms with E-state index < -0.39 is 0 Å². The number of likely N-dealkylation sites (N-methyl/N-ethyl adjacent to an activating group) is 1. The molecular formula is C13H21BrN2+2. The molecule has 2 nitrogen and oxygen atoms in total. The molecule has 0 saturated carbocycles. The van der Waals surface area contributed by atoms with E-state index in [4.69, 9.17) is 0 Å². The molecule has 0 spiro atoms. The van der Waals surface area contributed by atoms with Crippen LogP contribution >= 0.6 is 15.9 Å². The molecule has 0 aliphatic carbocycles. The van der Waals surface area contributed by atoms with E-state index in [2.05, 4.69) is 47.2 Å². The number of hydrogen-bond acceptors (Lipinski definition) is 0. The molecule has 3 heteroatoms. The van der Waals surface area contributed by atoms with E-state index >= 15 is 0 Å². The van der Waals surface area contributed by atoms with E-state index in [1.165, 1.54) is 49.2 Å².